The monoisotopic (exact) mass is 299 g/mol. The number of carboxylic acid groups (broad SMARTS) is 1. The highest BCUT2D eigenvalue weighted by atomic mass is 32.1. The van der Waals surface area contributed by atoms with Crippen LogP contribution in [0.2, 0.25) is 0 Å². The van der Waals surface area contributed by atoms with Crippen LogP contribution in [0.5, 0.6) is 0 Å². The quantitative estimate of drug-likeness (QED) is 0.684. The zero-order valence-electron chi connectivity index (χ0n) is 11.8. The molecule has 0 spiro atoms. The number of hydrogen-bond acceptors (Lipinski definition) is 4. The fourth-order valence-electron chi connectivity index (χ4n) is 1.71. The topological polar surface area (TPSA) is 91.3 Å². The van der Waals surface area contributed by atoms with E-state index in [-0.39, 0.29) is 18.5 Å². The van der Waals surface area contributed by atoms with Crippen molar-refractivity contribution in [2.75, 3.05) is 6.54 Å². The molecular formula is C13H21N3O3S. The molecule has 0 aliphatic rings. The molecule has 6 nitrogen and oxygen atoms in total. The van der Waals surface area contributed by atoms with Gasteiger partial charge in [0.1, 0.15) is 0 Å². The number of carbonyl (C=O) groups excluding carboxylic acids is 1. The second kappa shape index (κ2) is 8.52. The van der Waals surface area contributed by atoms with Crippen molar-refractivity contribution in [3.63, 3.8) is 0 Å². The number of aromatic nitrogens is 1. The minimum Gasteiger partial charge on any atom is -0.481 e. The molecule has 0 radical (unpaired) electrons. The summed E-state index contributed by atoms with van der Waals surface area (Å²) in [6.07, 6.45) is 2.08. The van der Waals surface area contributed by atoms with Gasteiger partial charge in [-0.1, -0.05) is 0 Å². The van der Waals surface area contributed by atoms with Crippen molar-refractivity contribution in [2.45, 2.75) is 45.6 Å². The zero-order valence-corrected chi connectivity index (χ0v) is 12.6. The standard InChI is InChI=1S/C13H21N3O3S/c1-9(4-3-5-12(17)18)16-13(19)14-7-6-11-15-10(2)8-20-11/h8-9H,3-7H2,1-2H3,(H,17,18)(H2,14,16,19). The van der Waals surface area contributed by atoms with Gasteiger partial charge in [-0.3, -0.25) is 4.79 Å². The number of carbonyl (C=O) groups is 2. The maximum atomic E-state index is 11.6. The van der Waals surface area contributed by atoms with Gasteiger partial charge in [0.15, 0.2) is 0 Å². The van der Waals surface area contributed by atoms with Crippen molar-refractivity contribution in [2.24, 2.45) is 0 Å². The molecular weight excluding hydrogens is 278 g/mol. The van der Waals surface area contributed by atoms with Gasteiger partial charge in [-0.05, 0) is 26.7 Å². The van der Waals surface area contributed by atoms with Crippen LogP contribution in [0.1, 0.15) is 36.9 Å². The Hall–Kier alpha value is -1.63. The van der Waals surface area contributed by atoms with Gasteiger partial charge < -0.3 is 15.7 Å². The summed E-state index contributed by atoms with van der Waals surface area (Å²) in [6, 6.07) is -0.252. The largest absolute Gasteiger partial charge is 0.481 e. The molecule has 20 heavy (non-hydrogen) atoms. The molecule has 0 aliphatic heterocycles. The normalized spacial score (nSPS) is 11.9. The van der Waals surface area contributed by atoms with Crippen LogP contribution in [0, 0.1) is 6.92 Å². The highest BCUT2D eigenvalue weighted by Crippen LogP contribution is 2.08. The van der Waals surface area contributed by atoms with Gasteiger partial charge in [0, 0.05) is 36.5 Å². The lowest BCUT2D eigenvalue weighted by molar-refractivity contribution is -0.137. The van der Waals surface area contributed by atoms with Crippen LogP contribution in [-0.4, -0.2) is 34.7 Å². The van der Waals surface area contributed by atoms with Crippen molar-refractivity contribution >= 4 is 23.3 Å². The minimum atomic E-state index is -0.805. The molecule has 1 unspecified atom stereocenters. The number of thiazole rings is 1. The Morgan fingerprint density at radius 1 is 1.50 bits per heavy atom. The van der Waals surface area contributed by atoms with E-state index in [1.54, 1.807) is 11.3 Å². The van der Waals surface area contributed by atoms with Gasteiger partial charge in [-0.25, -0.2) is 9.78 Å². The number of carboxylic acids is 1. The average molecular weight is 299 g/mol. The number of nitrogens with zero attached hydrogens (tertiary/aromatic N) is 1. The number of hydrogen-bond donors (Lipinski definition) is 3. The third-order valence-electron chi connectivity index (χ3n) is 2.70. The number of amides is 2. The predicted molar refractivity (Wildman–Crippen MR) is 78.0 cm³/mol. The molecule has 1 rings (SSSR count). The van der Waals surface area contributed by atoms with Crippen molar-refractivity contribution in [1.29, 1.82) is 0 Å². The van der Waals surface area contributed by atoms with Crippen LogP contribution in [-0.2, 0) is 11.2 Å². The maximum absolute atomic E-state index is 11.6. The Bertz CT molecular complexity index is 448. The van der Waals surface area contributed by atoms with Crippen molar-refractivity contribution < 1.29 is 14.7 Å². The van der Waals surface area contributed by atoms with E-state index >= 15 is 0 Å². The van der Waals surface area contributed by atoms with Crippen LogP contribution < -0.4 is 10.6 Å². The van der Waals surface area contributed by atoms with Crippen LogP contribution in [0.3, 0.4) is 0 Å². The van der Waals surface area contributed by atoms with Crippen molar-refractivity contribution in [1.82, 2.24) is 15.6 Å². The molecule has 3 N–H and O–H groups in total. The number of aryl methyl sites for hydroxylation is 1. The smallest absolute Gasteiger partial charge is 0.315 e. The Morgan fingerprint density at radius 2 is 2.25 bits per heavy atom. The molecule has 1 aromatic rings. The molecule has 1 aromatic heterocycles. The van der Waals surface area contributed by atoms with E-state index in [2.05, 4.69) is 15.6 Å². The van der Waals surface area contributed by atoms with E-state index in [0.717, 1.165) is 17.1 Å². The Kier molecular flexibility index (Phi) is 7.00. The fourth-order valence-corrected chi connectivity index (χ4v) is 2.48. The third kappa shape index (κ3) is 7.08. The SMILES string of the molecule is Cc1csc(CCNC(=O)NC(C)CCCC(=O)O)n1. The number of nitrogens with one attached hydrogen (secondary N) is 2. The number of aliphatic carboxylic acids is 1. The molecule has 0 saturated carbocycles. The van der Waals surface area contributed by atoms with E-state index < -0.39 is 5.97 Å². The van der Waals surface area contributed by atoms with Crippen molar-refractivity contribution in [3.05, 3.63) is 16.1 Å². The first kappa shape index (κ1) is 16.4. The van der Waals surface area contributed by atoms with Gasteiger partial charge in [0.05, 0.1) is 5.01 Å². The van der Waals surface area contributed by atoms with Crippen LogP contribution >= 0.6 is 11.3 Å². The summed E-state index contributed by atoms with van der Waals surface area (Å²) in [4.78, 5) is 26.3. The Labute approximate surface area is 122 Å². The predicted octanol–water partition coefficient (Wildman–Crippen LogP) is 1.94. The first-order valence-corrected chi connectivity index (χ1v) is 7.52. The third-order valence-corrected chi connectivity index (χ3v) is 3.72. The molecule has 0 saturated heterocycles. The molecule has 0 fully saturated rings. The van der Waals surface area contributed by atoms with E-state index in [9.17, 15) is 9.59 Å². The summed E-state index contributed by atoms with van der Waals surface area (Å²) in [7, 11) is 0. The maximum Gasteiger partial charge on any atom is 0.315 e. The fraction of sp³-hybridized carbons (Fsp3) is 0.615. The Morgan fingerprint density at radius 3 is 2.85 bits per heavy atom. The van der Waals surface area contributed by atoms with E-state index in [0.29, 0.717) is 19.4 Å². The zero-order chi connectivity index (χ0) is 15.0. The van der Waals surface area contributed by atoms with Gasteiger partial charge in [-0.15, -0.1) is 11.3 Å². The summed E-state index contributed by atoms with van der Waals surface area (Å²) in [6.45, 7) is 4.35. The molecule has 112 valence electrons. The molecule has 0 aliphatic carbocycles. The summed E-state index contributed by atoms with van der Waals surface area (Å²) in [5.41, 5.74) is 1.00. The summed E-state index contributed by atoms with van der Waals surface area (Å²) in [5.74, 6) is -0.805. The highest BCUT2D eigenvalue weighted by molar-refractivity contribution is 7.09. The summed E-state index contributed by atoms with van der Waals surface area (Å²) >= 11 is 1.59. The summed E-state index contributed by atoms with van der Waals surface area (Å²) in [5, 5.41) is 17.1. The lowest BCUT2D eigenvalue weighted by Gasteiger charge is -2.13. The molecule has 1 atom stereocenters. The molecule has 0 aromatic carbocycles. The minimum absolute atomic E-state index is 0.0311. The van der Waals surface area contributed by atoms with Crippen LogP contribution in [0.4, 0.5) is 4.79 Å². The highest BCUT2D eigenvalue weighted by Gasteiger charge is 2.08. The molecule has 1 heterocycles. The van der Waals surface area contributed by atoms with Crippen LogP contribution in [0.15, 0.2) is 5.38 Å². The molecule has 7 heteroatoms. The Balaban J connectivity index is 2.11. The first-order chi connectivity index (χ1) is 9.47. The van der Waals surface area contributed by atoms with E-state index in [4.69, 9.17) is 5.11 Å². The number of urea groups is 1. The lowest BCUT2D eigenvalue weighted by atomic mass is 10.1. The first-order valence-electron chi connectivity index (χ1n) is 6.64. The summed E-state index contributed by atoms with van der Waals surface area (Å²) < 4.78 is 0. The van der Waals surface area contributed by atoms with Gasteiger partial charge in [0.25, 0.3) is 0 Å². The van der Waals surface area contributed by atoms with Gasteiger partial charge in [0.2, 0.25) is 0 Å². The lowest BCUT2D eigenvalue weighted by Crippen LogP contribution is -2.41. The van der Waals surface area contributed by atoms with E-state index in [1.165, 1.54) is 0 Å². The molecule has 2 amide bonds. The second-order valence-corrected chi connectivity index (χ2v) is 5.66. The van der Waals surface area contributed by atoms with E-state index in [1.807, 2.05) is 19.2 Å². The second-order valence-electron chi connectivity index (χ2n) is 4.72. The average Bonchev–Trinajstić information content (AvgIpc) is 2.74. The number of rotatable bonds is 8. The molecule has 0 bridgehead atoms. The van der Waals surface area contributed by atoms with Gasteiger partial charge in [-0.2, -0.15) is 0 Å². The van der Waals surface area contributed by atoms with Gasteiger partial charge >= 0.3 is 12.0 Å². The van der Waals surface area contributed by atoms with Crippen molar-refractivity contribution in [3.8, 4) is 0 Å². The van der Waals surface area contributed by atoms with Crippen LogP contribution in [0.25, 0.3) is 0 Å².